The highest BCUT2D eigenvalue weighted by Gasteiger charge is 2.24. The fourth-order valence-electron chi connectivity index (χ4n) is 2.60. The van der Waals surface area contributed by atoms with Gasteiger partial charge in [-0.05, 0) is 55.0 Å². The molecule has 0 aromatic heterocycles. The van der Waals surface area contributed by atoms with Gasteiger partial charge in [0.05, 0.1) is 4.92 Å². The monoisotopic (exact) mass is 477 g/mol. The third-order valence-electron chi connectivity index (χ3n) is 4.24. The molecule has 0 spiro atoms. The summed E-state index contributed by atoms with van der Waals surface area (Å²) < 4.78 is 5.09. The molecule has 0 aliphatic rings. The molecular weight excluding hydrogens is 454 g/mol. The number of hydrogen-bond acceptors (Lipinski definition) is 8. The van der Waals surface area contributed by atoms with Crippen LogP contribution in [0, 0.1) is 10.1 Å². The minimum absolute atomic E-state index is 0.0487. The van der Waals surface area contributed by atoms with E-state index in [1.54, 1.807) is 23.9 Å². The Balaban J connectivity index is 1.96. The van der Waals surface area contributed by atoms with E-state index in [4.69, 9.17) is 4.74 Å². The van der Waals surface area contributed by atoms with Crippen LogP contribution in [0.1, 0.15) is 16.8 Å². The zero-order valence-corrected chi connectivity index (χ0v) is 19.2. The van der Waals surface area contributed by atoms with Gasteiger partial charge in [0.25, 0.3) is 17.5 Å². The zero-order valence-electron chi connectivity index (χ0n) is 17.5. The Morgan fingerprint density at radius 3 is 2.47 bits per heavy atom. The third-order valence-corrected chi connectivity index (χ3v) is 5.63. The number of nitro groups is 1. The number of anilines is 1. The molecule has 9 nitrogen and oxygen atoms in total. The first-order chi connectivity index (χ1) is 15.3. The van der Waals surface area contributed by atoms with Crippen molar-refractivity contribution >= 4 is 52.7 Å². The van der Waals surface area contributed by atoms with E-state index in [-0.39, 0.29) is 17.7 Å². The van der Waals surface area contributed by atoms with Gasteiger partial charge in [0.1, 0.15) is 6.04 Å². The van der Waals surface area contributed by atoms with Crippen molar-refractivity contribution in [2.45, 2.75) is 17.4 Å². The molecule has 0 radical (unpaired) electrons. The van der Waals surface area contributed by atoms with Crippen molar-refractivity contribution < 1.29 is 24.0 Å². The second-order valence-corrected chi connectivity index (χ2v) is 8.36. The number of nitrogens with one attached hydrogen (secondary N) is 2. The van der Waals surface area contributed by atoms with Gasteiger partial charge in [-0.25, -0.2) is 4.79 Å². The number of nitrogens with zero attached hydrogens (tertiary/aromatic N) is 1. The Morgan fingerprint density at radius 1 is 1.12 bits per heavy atom. The summed E-state index contributed by atoms with van der Waals surface area (Å²) in [5.74, 6) is -1.35. The molecule has 0 saturated heterocycles. The van der Waals surface area contributed by atoms with E-state index in [1.165, 1.54) is 30.0 Å². The van der Waals surface area contributed by atoms with Crippen molar-refractivity contribution in [2.24, 2.45) is 0 Å². The molecule has 0 saturated carbocycles. The predicted octanol–water partition coefficient (Wildman–Crippen LogP) is 3.35. The summed E-state index contributed by atoms with van der Waals surface area (Å²) in [5, 5.41) is 16.1. The lowest BCUT2D eigenvalue weighted by Crippen LogP contribution is -2.43. The van der Waals surface area contributed by atoms with Crippen LogP contribution in [0.25, 0.3) is 0 Å². The van der Waals surface area contributed by atoms with Gasteiger partial charge in [-0.1, -0.05) is 6.07 Å². The zero-order chi connectivity index (χ0) is 23.5. The molecule has 11 heteroatoms. The number of ether oxygens (including phenoxy) is 1. The first-order valence-corrected chi connectivity index (χ1v) is 12.1. The van der Waals surface area contributed by atoms with E-state index >= 15 is 0 Å². The smallest absolute Gasteiger partial charge is 0.329 e. The van der Waals surface area contributed by atoms with Crippen molar-refractivity contribution in [1.29, 1.82) is 0 Å². The highest BCUT2D eigenvalue weighted by Crippen LogP contribution is 2.17. The number of amides is 2. The quantitative estimate of drug-likeness (QED) is 0.218. The Morgan fingerprint density at radius 2 is 1.84 bits per heavy atom. The first-order valence-electron chi connectivity index (χ1n) is 9.49. The van der Waals surface area contributed by atoms with Crippen LogP contribution in [-0.2, 0) is 14.3 Å². The van der Waals surface area contributed by atoms with Crippen LogP contribution < -0.4 is 10.6 Å². The van der Waals surface area contributed by atoms with Crippen LogP contribution in [0.15, 0.2) is 53.4 Å². The van der Waals surface area contributed by atoms with Gasteiger partial charge in [0.15, 0.2) is 6.61 Å². The Hall–Kier alpha value is -3.05. The summed E-state index contributed by atoms with van der Waals surface area (Å²) in [5.41, 5.74) is 0.387. The summed E-state index contributed by atoms with van der Waals surface area (Å²) in [6.07, 6.45) is 4.07. The Bertz CT molecular complexity index is 968. The number of non-ortho nitro benzene ring substituents is 1. The highest BCUT2D eigenvalue weighted by atomic mass is 32.2. The first kappa shape index (κ1) is 25.2. The molecule has 2 N–H and O–H groups in total. The summed E-state index contributed by atoms with van der Waals surface area (Å²) in [7, 11) is 0. The lowest BCUT2D eigenvalue weighted by atomic mass is 10.1. The average Bonchev–Trinajstić information content (AvgIpc) is 2.80. The van der Waals surface area contributed by atoms with Crippen molar-refractivity contribution in [1.82, 2.24) is 5.32 Å². The maximum Gasteiger partial charge on any atom is 0.329 e. The highest BCUT2D eigenvalue weighted by molar-refractivity contribution is 7.98. The molecule has 1 unspecified atom stereocenters. The lowest BCUT2D eigenvalue weighted by Gasteiger charge is -2.17. The molecule has 2 aromatic rings. The fraction of sp³-hybridized carbons (Fsp3) is 0.286. The van der Waals surface area contributed by atoms with Gasteiger partial charge >= 0.3 is 5.97 Å². The molecular formula is C21H23N3O6S2. The summed E-state index contributed by atoms with van der Waals surface area (Å²) in [6.45, 7) is -0.508. The van der Waals surface area contributed by atoms with Crippen LogP contribution in [-0.4, -0.2) is 53.6 Å². The number of esters is 1. The second-order valence-electron chi connectivity index (χ2n) is 6.50. The number of rotatable bonds is 11. The van der Waals surface area contributed by atoms with Gasteiger partial charge in [-0.2, -0.15) is 11.8 Å². The van der Waals surface area contributed by atoms with Crippen LogP contribution >= 0.6 is 23.5 Å². The van der Waals surface area contributed by atoms with Crippen molar-refractivity contribution in [3.05, 3.63) is 64.2 Å². The van der Waals surface area contributed by atoms with Crippen molar-refractivity contribution in [2.75, 3.05) is 30.2 Å². The molecule has 0 aliphatic carbocycles. The summed E-state index contributed by atoms with van der Waals surface area (Å²) in [6, 6.07) is 11.4. The van der Waals surface area contributed by atoms with Gasteiger partial charge in [0, 0.05) is 28.3 Å². The van der Waals surface area contributed by atoms with E-state index in [0.29, 0.717) is 11.4 Å². The minimum Gasteiger partial charge on any atom is -0.454 e. The number of nitro benzene ring substituents is 1. The van der Waals surface area contributed by atoms with E-state index < -0.39 is 35.4 Å². The van der Waals surface area contributed by atoms with Crippen LogP contribution in [0.4, 0.5) is 11.4 Å². The SMILES string of the molecule is CSCCC(NC(=O)c1cccc([N+](=O)[O-])c1)C(=O)OCC(=O)Nc1ccc(SC)cc1. The van der Waals surface area contributed by atoms with E-state index in [1.807, 2.05) is 24.6 Å². The van der Waals surface area contributed by atoms with Gasteiger partial charge in [-0.15, -0.1) is 11.8 Å². The van der Waals surface area contributed by atoms with Crippen molar-refractivity contribution in [3.63, 3.8) is 0 Å². The molecule has 170 valence electrons. The van der Waals surface area contributed by atoms with Gasteiger partial charge < -0.3 is 15.4 Å². The van der Waals surface area contributed by atoms with Crippen molar-refractivity contribution in [3.8, 4) is 0 Å². The topological polar surface area (TPSA) is 128 Å². The molecule has 0 aliphatic heterocycles. The maximum atomic E-state index is 12.5. The third kappa shape index (κ3) is 7.89. The van der Waals surface area contributed by atoms with Crippen LogP contribution in [0.3, 0.4) is 0 Å². The molecule has 1 atom stereocenters. The average molecular weight is 478 g/mol. The number of hydrogen-bond donors (Lipinski definition) is 2. The number of carbonyl (C=O) groups is 3. The summed E-state index contributed by atoms with van der Waals surface area (Å²) >= 11 is 3.05. The molecule has 0 fully saturated rings. The van der Waals surface area contributed by atoms with E-state index in [9.17, 15) is 24.5 Å². The molecule has 2 amide bonds. The van der Waals surface area contributed by atoms with Crippen LogP contribution in [0.2, 0.25) is 0 Å². The molecule has 0 heterocycles. The summed E-state index contributed by atoms with van der Waals surface area (Å²) in [4.78, 5) is 48.5. The fourth-order valence-corrected chi connectivity index (χ4v) is 3.48. The number of benzene rings is 2. The standard InChI is InChI=1S/C21H23N3O6S2/c1-31-11-10-18(23-20(26)14-4-3-5-16(12-14)24(28)29)21(27)30-13-19(25)22-15-6-8-17(32-2)9-7-15/h3-9,12,18H,10-11,13H2,1-2H3,(H,22,25)(H,23,26). The molecule has 32 heavy (non-hydrogen) atoms. The second kappa shape index (κ2) is 12.7. The van der Waals surface area contributed by atoms with Gasteiger partial charge in [0.2, 0.25) is 0 Å². The maximum absolute atomic E-state index is 12.5. The van der Waals surface area contributed by atoms with Crippen LogP contribution in [0.5, 0.6) is 0 Å². The minimum atomic E-state index is -0.997. The van der Waals surface area contributed by atoms with Gasteiger partial charge in [-0.3, -0.25) is 19.7 Å². The van der Waals surface area contributed by atoms with E-state index in [0.717, 1.165) is 11.0 Å². The number of carbonyl (C=O) groups excluding carboxylic acids is 3. The number of thioether (sulfide) groups is 2. The molecule has 2 rings (SSSR count). The predicted molar refractivity (Wildman–Crippen MR) is 125 cm³/mol. The largest absolute Gasteiger partial charge is 0.454 e. The Labute approximate surface area is 193 Å². The molecule has 2 aromatic carbocycles. The normalized spacial score (nSPS) is 11.3. The molecule has 0 bridgehead atoms. The van der Waals surface area contributed by atoms with E-state index in [2.05, 4.69) is 10.6 Å². The Kier molecular flexibility index (Phi) is 10.0. The lowest BCUT2D eigenvalue weighted by molar-refractivity contribution is -0.384.